The molecule has 33 heavy (non-hydrogen) atoms. The zero-order valence-electron chi connectivity index (χ0n) is 19.5. The molecule has 0 N–H and O–H groups in total. The Morgan fingerprint density at radius 1 is 1.12 bits per heavy atom. The van der Waals surface area contributed by atoms with Crippen LogP contribution < -0.4 is 9.64 Å². The van der Waals surface area contributed by atoms with Crippen LogP contribution in [0.3, 0.4) is 0 Å². The molecular formula is C26H31N3O4. The number of hydrogen-bond donors (Lipinski definition) is 0. The minimum Gasteiger partial charge on any atom is -0.497 e. The van der Waals surface area contributed by atoms with Crippen LogP contribution in [0.4, 0.5) is 5.88 Å². The number of methoxy groups -OCH3 is 1. The monoisotopic (exact) mass is 449 g/mol. The van der Waals surface area contributed by atoms with Crippen molar-refractivity contribution in [3.05, 3.63) is 65.7 Å². The molecule has 0 aliphatic carbocycles. The standard InChI is InChI=1S/C26H31N3O4/c1-4-19(2)29(25(30)21-10-12-22(31-3)13-11-21)18-23-24(20-8-6-5-7-9-20)27-33-26(23)28-14-16-32-17-15-28/h5-13,19H,4,14-18H2,1-3H3. The van der Waals surface area contributed by atoms with Crippen LogP contribution in [0.2, 0.25) is 0 Å². The molecule has 4 rings (SSSR count). The topological polar surface area (TPSA) is 68.0 Å². The van der Waals surface area contributed by atoms with Gasteiger partial charge in [0.25, 0.3) is 5.91 Å². The van der Waals surface area contributed by atoms with Gasteiger partial charge in [-0.2, -0.15) is 0 Å². The van der Waals surface area contributed by atoms with Gasteiger partial charge >= 0.3 is 0 Å². The molecule has 1 atom stereocenters. The second-order valence-electron chi connectivity index (χ2n) is 8.20. The van der Waals surface area contributed by atoms with Gasteiger partial charge in [0.15, 0.2) is 0 Å². The summed E-state index contributed by atoms with van der Waals surface area (Å²) < 4.78 is 16.7. The third-order valence-electron chi connectivity index (χ3n) is 6.16. The number of ether oxygens (including phenoxy) is 2. The molecule has 1 unspecified atom stereocenters. The molecule has 1 amide bonds. The Morgan fingerprint density at radius 2 is 1.82 bits per heavy atom. The highest BCUT2D eigenvalue weighted by molar-refractivity contribution is 5.94. The molecule has 0 radical (unpaired) electrons. The first-order valence-corrected chi connectivity index (χ1v) is 11.4. The molecule has 0 saturated carbocycles. The number of aromatic nitrogens is 1. The van der Waals surface area contributed by atoms with E-state index in [4.69, 9.17) is 14.0 Å². The zero-order valence-corrected chi connectivity index (χ0v) is 19.5. The Bertz CT molecular complexity index is 1040. The summed E-state index contributed by atoms with van der Waals surface area (Å²) in [5.41, 5.74) is 3.29. The number of carbonyl (C=O) groups is 1. The van der Waals surface area contributed by atoms with Gasteiger partial charge in [-0.05, 0) is 37.6 Å². The molecule has 1 aromatic heterocycles. The maximum atomic E-state index is 13.6. The van der Waals surface area contributed by atoms with E-state index < -0.39 is 0 Å². The van der Waals surface area contributed by atoms with Crippen molar-refractivity contribution in [1.82, 2.24) is 10.1 Å². The van der Waals surface area contributed by atoms with Gasteiger partial charge < -0.3 is 23.8 Å². The van der Waals surface area contributed by atoms with Crippen molar-refractivity contribution in [1.29, 1.82) is 0 Å². The van der Waals surface area contributed by atoms with Crippen LogP contribution in [0, 0.1) is 0 Å². The van der Waals surface area contributed by atoms with Crippen molar-refractivity contribution in [2.75, 3.05) is 38.3 Å². The van der Waals surface area contributed by atoms with E-state index in [0.717, 1.165) is 42.1 Å². The first-order chi connectivity index (χ1) is 16.1. The molecule has 2 heterocycles. The number of rotatable bonds is 8. The van der Waals surface area contributed by atoms with Gasteiger partial charge in [0.05, 0.1) is 32.4 Å². The Morgan fingerprint density at radius 3 is 2.45 bits per heavy atom. The lowest BCUT2D eigenvalue weighted by molar-refractivity contribution is 0.0671. The molecule has 1 fully saturated rings. The number of benzene rings is 2. The Balaban J connectivity index is 1.72. The van der Waals surface area contributed by atoms with Gasteiger partial charge in [0.2, 0.25) is 5.88 Å². The highest BCUT2D eigenvalue weighted by Crippen LogP contribution is 2.34. The lowest BCUT2D eigenvalue weighted by Gasteiger charge is -2.31. The maximum absolute atomic E-state index is 13.6. The summed E-state index contributed by atoms with van der Waals surface area (Å²) in [6.07, 6.45) is 0.834. The summed E-state index contributed by atoms with van der Waals surface area (Å²) in [5.74, 6) is 1.41. The van der Waals surface area contributed by atoms with Gasteiger partial charge in [-0.3, -0.25) is 4.79 Å². The molecule has 3 aromatic rings. The van der Waals surface area contributed by atoms with Crippen molar-refractivity contribution in [2.45, 2.75) is 32.9 Å². The molecule has 1 saturated heterocycles. The van der Waals surface area contributed by atoms with Crippen LogP contribution in [0.25, 0.3) is 11.3 Å². The Labute approximate surface area is 194 Å². The summed E-state index contributed by atoms with van der Waals surface area (Å²) in [4.78, 5) is 17.7. The van der Waals surface area contributed by atoms with Crippen LogP contribution in [0.5, 0.6) is 5.75 Å². The SMILES string of the molecule is CCC(C)N(Cc1c(-c2ccccc2)noc1N1CCOCC1)C(=O)c1ccc(OC)cc1. The number of morpholine rings is 1. The second-order valence-corrected chi connectivity index (χ2v) is 8.20. The minimum atomic E-state index is -0.0276. The van der Waals surface area contributed by atoms with E-state index in [1.165, 1.54) is 0 Å². The minimum absolute atomic E-state index is 0.0276. The zero-order chi connectivity index (χ0) is 23.2. The summed E-state index contributed by atoms with van der Waals surface area (Å²) in [6, 6.07) is 17.3. The van der Waals surface area contributed by atoms with Gasteiger partial charge in [0, 0.05) is 30.3 Å². The number of amides is 1. The molecule has 2 aromatic carbocycles. The second kappa shape index (κ2) is 10.5. The van der Waals surface area contributed by atoms with Gasteiger partial charge in [-0.1, -0.05) is 42.4 Å². The van der Waals surface area contributed by atoms with Gasteiger partial charge in [0.1, 0.15) is 11.4 Å². The summed E-state index contributed by atoms with van der Waals surface area (Å²) >= 11 is 0. The Hall–Kier alpha value is -3.32. The average molecular weight is 450 g/mol. The number of hydrogen-bond acceptors (Lipinski definition) is 6. The molecule has 0 spiro atoms. The quantitative estimate of drug-likeness (QED) is 0.500. The van der Waals surface area contributed by atoms with Crippen LogP contribution in [-0.2, 0) is 11.3 Å². The van der Waals surface area contributed by atoms with Crippen LogP contribution in [-0.4, -0.2) is 55.4 Å². The largest absolute Gasteiger partial charge is 0.497 e. The third-order valence-corrected chi connectivity index (χ3v) is 6.16. The molecule has 1 aliphatic heterocycles. The van der Waals surface area contributed by atoms with Crippen molar-refractivity contribution < 1.29 is 18.8 Å². The Kier molecular flexibility index (Phi) is 7.29. The summed E-state index contributed by atoms with van der Waals surface area (Å²) in [5, 5.41) is 4.44. The van der Waals surface area contributed by atoms with Gasteiger partial charge in [-0.15, -0.1) is 0 Å². The average Bonchev–Trinajstić information content (AvgIpc) is 3.31. The fourth-order valence-electron chi connectivity index (χ4n) is 4.00. The van der Waals surface area contributed by atoms with Gasteiger partial charge in [-0.25, -0.2) is 0 Å². The lowest BCUT2D eigenvalue weighted by atomic mass is 10.0. The van der Waals surface area contributed by atoms with Crippen LogP contribution >= 0.6 is 0 Å². The highest BCUT2D eigenvalue weighted by Gasteiger charge is 2.29. The smallest absolute Gasteiger partial charge is 0.254 e. The normalized spacial score (nSPS) is 14.7. The molecule has 0 bridgehead atoms. The summed E-state index contributed by atoms with van der Waals surface area (Å²) in [7, 11) is 1.62. The van der Waals surface area contributed by atoms with Crippen molar-refractivity contribution in [3.63, 3.8) is 0 Å². The highest BCUT2D eigenvalue weighted by atomic mass is 16.5. The number of nitrogens with zero attached hydrogens (tertiary/aromatic N) is 3. The fraction of sp³-hybridized carbons (Fsp3) is 0.385. The first-order valence-electron chi connectivity index (χ1n) is 11.4. The van der Waals surface area contributed by atoms with E-state index in [1.807, 2.05) is 59.5 Å². The third kappa shape index (κ3) is 5.03. The van der Waals surface area contributed by atoms with Crippen molar-refractivity contribution in [2.24, 2.45) is 0 Å². The van der Waals surface area contributed by atoms with E-state index in [2.05, 4.69) is 23.9 Å². The van der Waals surface area contributed by atoms with E-state index in [9.17, 15) is 4.79 Å². The fourth-order valence-corrected chi connectivity index (χ4v) is 4.00. The maximum Gasteiger partial charge on any atom is 0.254 e. The number of anilines is 1. The van der Waals surface area contributed by atoms with Crippen molar-refractivity contribution in [3.8, 4) is 17.0 Å². The van der Waals surface area contributed by atoms with E-state index in [0.29, 0.717) is 31.2 Å². The molecule has 7 nitrogen and oxygen atoms in total. The predicted octanol–water partition coefficient (Wildman–Crippen LogP) is 4.63. The van der Waals surface area contributed by atoms with Crippen LogP contribution in [0.1, 0.15) is 36.2 Å². The summed E-state index contributed by atoms with van der Waals surface area (Å²) in [6.45, 7) is 7.30. The van der Waals surface area contributed by atoms with Crippen LogP contribution in [0.15, 0.2) is 59.1 Å². The number of carbonyl (C=O) groups excluding carboxylic acids is 1. The van der Waals surface area contributed by atoms with Crippen molar-refractivity contribution >= 4 is 11.8 Å². The molecular weight excluding hydrogens is 418 g/mol. The first kappa shape index (κ1) is 22.9. The van der Waals surface area contributed by atoms with E-state index in [-0.39, 0.29) is 11.9 Å². The van der Waals surface area contributed by atoms with E-state index >= 15 is 0 Å². The molecule has 7 heteroatoms. The molecule has 1 aliphatic rings. The predicted molar refractivity (Wildman–Crippen MR) is 128 cm³/mol. The van der Waals surface area contributed by atoms with E-state index in [1.54, 1.807) is 7.11 Å². The molecule has 174 valence electrons. The lowest BCUT2D eigenvalue weighted by Crippen LogP contribution is -2.39.